The van der Waals surface area contributed by atoms with Gasteiger partial charge in [0, 0.05) is 0 Å². The summed E-state index contributed by atoms with van der Waals surface area (Å²) >= 11 is 16.7. The monoisotopic (exact) mass is 256 g/mol. The number of esters is 1. The standard InChI is InChI=1S/C8H7Cl3O3/c1-8(11,7(9)10)14-6(12)5-3-2-4-13-5/h2-4,7H,1H3. The van der Waals surface area contributed by atoms with Crippen LogP contribution < -0.4 is 0 Å². The minimum atomic E-state index is -1.47. The number of rotatable bonds is 3. The van der Waals surface area contributed by atoms with Crippen molar-refractivity contribution in [3.8, 4) is 0 Å². The first-order valence-electron chi connectivity index (χ1n) is 3.67. The van der Waals surface area contributed by atoms with Crippen molar-refractivity contribution in [2.24, 2.45) is 0 Å². The Labute approximate surface area is 95.9 Å². The number of furan rings is 1. The van der Waals surface area contributed by atoms with Crippen molar-refractivity contribution in [1.82, 2.24) is 0 Å². The molecule has 0 aromatic carbocycles. The summed E-state index contributed by atoms with van der Waals surface area (Å²) in [5.74, 6) is -0.662. The second-order valence-electron chi connectivity index (χ2n) is 2.65. The van der Waals surface area contributed by atoms with E-state index in [0.717, 1.165) is 0 Å². The number of alkyl halides is 3. The van der Waals surface area contributed by atoms with Gasteiger partial charge in [-0.25, -0.2) is 4.79 Å². The molecule has 0 N–H and O–H groups in total. The van der Waals surface area contributed by atoms with Gasteiger partial charge in [0.25, 0.3) is 0 Å². The fourth-order valence-electron chi connectivity index (χ4n) is 0.671. The van der Waals surface area contributed by atoms with Crippen LogP contribution in [0.4, 0.5) is 0 Å². The predicted octanol–water partition coefficient (Wildman–Crippen LogP) is 3.20. The van der Waals surface area contributed by atoms with Crippen LogP contribution in [0.25, 0.3) is 0 Å². The van der Waals surface area contributed by atoms with E-state index >= 15 is 0 Å². The van der Waals surface area contributed by atoms with E-state index in [2.05, 4.69) is 0 Å². The number of hydrogen-bond donors (Lipinski definition) is 0. The number of hydrogen-bond acceptors (Lipinski definition) is 3. The van der Waals surface area contributed by atoms with Crippen LogP contribution in [0.1, 0.15) is 17.5 Å². The zero-order chi connectivity index (χ0) is 10.8. The van der Waals surface area contributed by atoms with Crippen molar-refractivity contribution in [3.05, 3.63) is 24.2 Å². The Morgan fingerprint density at radius 2 is 2.29 bits per heavy atom. The van der Waals surface area contributed by atoms with Gasteiger partial charge in [-0.1, -0.05) is 34.8 Å². The molecule has 0 aliphatic rings. The first-order chi connectivity index (χ1) is 6.43. The van der Waals surface area contributed by atoms with Crippen molar-refractivity contribution >= 4 is 40.8 Å². The highest BCUT2D eigenvalue weighted by molar-refractivity contribution is 6.49. The molecular weight excluding hydrogens is 250 g/mol. The van der Waals surface area contributed by atoms with Crippen molar-refractivity contribution in [2.75, 3.05) is 0 Å². The number of carbonyl (C=O) groups is 1. The molecule has 1 unspecified atom stereocenters. The number of ether oxygens (including phenoxy) is 1. The van der Waals surface area contributed by atoms with E-state index in [0.29, 0.717) is 0 Å². The van der Waals surface area contributed by atoms with Gasteiger partial charge < -0.3 is 9.15 Å². The molecule has 14 heavy (non-hydrogen) atoms. The Morgan fingerprint density at radius 3 is 2.71 bits per heavy atom. The van der Waals surface area contributed by atoms with Gasteiger partial charge in [0.15, 0.2) is 4.84 Å². The fraction of sp³-hybridized carbons (Fsp3) is 0.375. The van der Waals surface area contributed by atoms with Crippen LogP contribution in [-0.4, -0.2) is 15.9 Å². The van der Waals surface area contributed by atoms with Gasteiger partial charge in [-0.15, -0.1) is 0 Å². The third kappa shape index (κ3) is 2.80. The molecule has 0 fully saturated rings. The molecule has 0 bridgehead atoms. The highest BCUT2D eigenvalue weighted by atomic mass is 35.5. The Kier molecular flexibility index (Phi) is 3.70. The first-order valence-corrected chi connectivity index (χ1v) is 4.92. The maximum Gasteiger partial charge on any atom is 0.376 e. The van der Waals surface area contributed by atoms with Gasteiger partial charge >= 0.3 is 5.97 Å². The van der Waals surface area contributed by atoms with Crippen molar-refractivity contribution < 1.29 is 13.9 Å². The van der Waals surface area contributed by atoms with E-state index in [-0.39, 0.29) is 5.76 Å². The van der Waals surface area contributed by atoms with Gasteiger partial charge in [-0.3, -0.25) is 0 Å². The normalized spacial score (nSPS) is 15.2. The lowest BCUT2D eigenvalue weighted by molar-refractivity contribution is 0.0226. The SMILES string of the molecule is CC(Cl)(OC(=O)c1ccco1)C(Cl)Cl. The summed E-state index contributed by atoms with van der Waals surface area (Å²) in [5.41, 5.74) is 0. The average molecular weight is 258 g/mol. The summed E-state index contributed by atoms with van der Waals surface area (Å²) in [6.07, 6.45) is 1.35. The van der Waals surface area contributed by atoms with E-state index in [1.54, 1.807) is 6.07 Å². The summed E-state index contributed by atoms with van der Waals surface area (Å²) in [5, 5.41) is -1.47. The fourth-order valence-corrected chi connectivity index (χ4v) is 0.830. The molecule has 0 amide bonds. The lowest BCUT2D eigenvalue weighted by Crippen LogP contribution is -2.31. The van der Waals surface area contributed by atoms with Crippen LogP contribution >= 0.6 is 34.8 Å². The molecule has 3 nitrogen and oxygen atoms in total. The molecule has 0 spiro atoms. The van der Waals surface area contributed by atoms with Gasteiger partial charge in [-0.2, -0.15) is 0 Å². The summed E-state index contributed by atoms with van der Waals surface area (Å²) in [4.78, 5) is 10.3. The molecule has 0 saturated carbocycles. The first kappa shape index (κ1) is 11.7. The molecule has 0 saturated heterocycles. The quantitative estimate of drug-likeness (QED) is 0.616. The lowest BCUT2D eigenvalue weighted by atomic mass is 10.4. The van der Waals surface area contributed by atoms with Gasteiger partial charge in [0.1, 0.15) is 0 Å². The zero-order valence-electron chi connectivity index (χ0n) is 7.17. The van der Waals surface area contributed by atoms with Crippen molar-refractivity contribution in [1.29, 1.82) is 0 Å². The molecular formula is C8H7Cl3O3. The van der Waals surface area contributed by atoms with E-state index in [4.69, 9.17) is 44.0 Å². The zero-order valence-corrected chi connectivity index (χ0v) is 9.44. The topological polar surface area (TPSA) is 39.4 Å². The van der Waals surface area contributed by atoms with Crippen LogP contribution in [0.2, 0.25) is 0 Å². The van der Waals surface area contributed by atoms with Gasteiger partial charge in [0.2, 0.25) is 10.8 Å². The summed E-state index contributed by atoms with van der Waals surface area (Å²) in [6, 6.07) is 3.01. The third-order valence-corrected chi connectivity index (χ3v) is 2.76. The third-order valence-electron chi connectivity index (χ3n) is 1.40. The predicted molar refractivity (Wildman–Crippen MR) is 53.9 cm³/mol. The molecule has 0 radical (unpaired) electrons. The molecule has 0 aliphatic heterocycles. The van der Waals surface area contributed by atoms with Crippen molar-refractivity contribution in [3.63, 3.8) is 0 Å². The van der Waals surface area contributed by atoms with E-state index < -0.39 is 15.9 Å². The molecule has 78 valence electrons. The van der Waals surface area contributed by atoms with Crippen LogP contribution in [-0.2, 0) is 4.74 Å². The largest absolute Gasteiger partial charge is 0.457 e. The van der Waals surface area contributed by atoms with Gasteiger partial charge in [0.05, 0.1) is 6.26 Å². The van der Waals surface area contributed by atoms with Crippen LogP contribution in [0.15, 0.2) is 22.8 Å². The second-order valence-corrected chi connectivity index (χ2v) is 4.50. The Bertz CT molecular complexity index is 306. The van der Waals surface area contributed by atoms with Crippen LogP contribution in [0.5, 0.6) is 0 Å². The minimum absolute atomic E-state index is 0.0471. The summed E-state index contributed by atoms with van der Waals surface area (Å²) < 4.78 is 9.61. The Balaban J connectivity index is 2.66. The maximum atomic E-state index is 11.3. The maximum absolute atomic E-state index is 11.3. The molecule has 1 heterocycles. The lowest BCUT2D eigenvalue weighted by Gasteiger charge is -2.22. The minimum Gasteiger partial charge on any atom is -0.457 e. The van der Waals surface area contributed by atoms with Crippen LogP contribution in [0, 0.1) is 0 Å². The molecule has 1 rings (SSSR count). The summed E-state index contributed by atoms with van der Waals surface area (Å²) in [6.45, 7) is 1.39. The van der Waals surface area contributed by atoms with E-state index in [9.17, 15) is 4.79 Å². The highest BCUT2D eigenvalue weighted by Crippen LogP contribution is 2.29. The number of halogens is 3. The molecule has 6 heteroatoms. The Hall–Kier alpha value is -0.380. The van der Waals surface area contributed by atoms with Crippen LogP contribution in [0.3, 0.4) is 0 Å². The average Bonchev–Trinajstić information content (AvgIpc) is 2.54. The molecule has 0 aliphatic carbocycles. The number of carbonyl (C=O) groups excluding carboxylic acids is 1. The summed E-state index contributed by atoms with van der Waals surface area (Å²) in [7, 11) is 0. The highest BCUT2D eigenvalue weighted by Gasteiger charge is 2.34. The molecule has 1 aromatic rings. The molecule has 1 atom stereocenters. The molecule has 1 aromatic heterocycles. The second kappa shape index (κ2) is 4.43. The van der Waals surface area contributed by atoms with E-state index in [1.807, 2.05) is 0 Å². The van der Waals surface area contributed by atoms with E-state index in [1.165, 1.54) is 19.3 Å². The van der Waals surface area contributed by atoms with Gasteiger partial charge in [-0.05, 0) is 19.1 Å². The Morgan fingerprint density at radius 1 is 1.64 bits per heavy atom. The van der Waals surface area contributed by atoms with Crippen molar-refractivity contribution in [2.45, 2.75) is 16.8 Å². The smallest absolute Gasteiger partial charge is 0.376 e.